The Labute approximate surface area is 98.5 Å². The van der Waals surface area contributed by atoms with Gasteiger partial charge in [-0.2, -0.15) is 0 Å². The van der Waals surface area contributed by atoms with Gasteiger partial charge in [-0.3, -0.25) is 4.79 Å². The Balaban J connectivity index is 1.95. The molecule has 1 aromatic rings. The van der Waals surface area contributed by atoms with Gasteiger partial charge in [0.25, 0.3) is 5.91 Å². The second-order valence-corrected chi connectivity index (χ2v) is 3.92. The number of amides is 1. The SMILES string of the molecule is COc1cc(CNC(=O)C2CO2)ccc1Cl. The van der Waals surface area contributed by atoms with E-state index in [1.807, 2.05) is 6.07 Å². The van der Waals surface area contributed by atoms with Crippen molar-refractivity contribution in [2.24, 2.45) is 0 Å². The maximum Gasteiger partial charge on any atom is 0.251 e. The Hall–Kier alpha value is -1.26. The van der Waals surface area contributed by atoms with Crippen LogP contribution in [0.25, 0.3) is 0 Å². The zero-order chi connectivity index (χ0) is 11.5. The second kappa shape index (κ2) is 4.72. The lowest BCUT2D eigenvalue weighted by molar-refractivity contribution is -0.122. The Kier molecular flexibility index (Phi) is 3.31. The van der Waals surface area contributed by atoms with Gasteiger partial charge in [-0.15, -0.1) is 0 Å². The smallest absolute Gasteiger partial charge is 0.251 e. The molecule has 1 amide bonds. The van der Waals surface area contributed by atoms with Gasteiger partial charge in [0, 0.05) is 6.54 Å². The highest BCUT2D eigenvalue weighted by molar-refractivity contribution is 6.32. The molecule has 1 aromatic carbocycles. The van der Waals surface area contributed by atoms with Crippen LogP contribution in [0.1, 0.15) is 5.56 Å². The Bertz CT molecular complexity index is 404. The summed E-state index contributed by atoms with van der Waals surface area (Å²) in [4.78, 5) is 11.3. The van der Waals surface area contributed by atoms with E-state index in [2.05, 4.69) is 5.32 Å². The average molecular weight is 242 g/mol. The molecular weight excluding hydrogens is 230 g/mol. The average Bonchev–Trinajstić information content (AvgIpc) is 3.11. The van der Waals surface area contributed by atoms with E-state index in [0.29, 0.717) is 23.9 Å². The van der Waals surface area contributed by atoms with Crippen LogP contribution in [0.2, 0.25) is 5.02 Å². The highest BCUT2D eigenvalue weighted by Gasteiger charge is 2.30. The fraction of sp³-hybridized carbons (Fsp3) is 0.364. The van der Waals surface area contributed by atoms with Crippen LogP contribution in [0.5, 0.6) is 5.75 Å². The molecule has 4 nitrogen and oxygen atoms in total. The Morgan fingerprint density at radius 3 is 3.06 bits per heavy atom. The van der Waals surface area contributed by atoms with E-state index in [9.17, 15) is 4.79 Å². The molecule has 1 unspecified atom stereocenters. The van der Waals surface area contributed by atoms with E-state index in [-0.39, 0.29) is 12.0 Å². The van der Waals surface area contributed by atoms with Crippen molar-refractivity contribution in [3.63, 3.8) is 0 Å². The summed E-state index contributed by atoms with van der Waals surface area (Å²) in [5, 5.41) is 3.33. The van der Waals surface area contributed by atoms with Crippen molar-refractivity contribution in [2.75, 3.05) is 13.7 Å². The summed E-state index contributed by atoms with van der Waals surface area (Å²) in [5.41, 5.74) is 0.940. The van der Waals surface area contributed by atoms with E-state index in [0.717, 1.165) is 5.56 Å². The van der Waals surface area contributed by atoms with Crippen molar-refractivity contribution in [1.82, 2.24) is 5.32 Å². The molecule has 1 saturated heterocycles. The number of epoxide rings is 1. The highest BCUT2D eigenvalue weighted by Crippen LogP contribution is 2.24. The monoisotopic (exact) mass is 241 g/mol. The van der Waals surface area contributed by atoms with E-state index in [4.69, 9.17) is 21.1 Å². The minimum atomic E-state index is -0.255. The van der Waals surface area contributed by atoms with Crippen LogP contribution in [0.15, 0.2) is 18.2 Å². The van der Waals surface area contributed by atoms with Crippen LogP contribution in [0.4, 0.5) is 0 Å². The predicted octanol–water partition coefficient (Wildman–Crippen LogP) is 1.36. The van der Waals surface area contributed by atoms with E-state index in [1.165, 1.54) is 0 Å². The van der Waals surface area contributed by atoms with Crippen molar-refractivity contribution in [3.05, 3.63) is 28.8 Å². The van der Waals surface area contributed by atoms with E-state index >= 15 is 0 Å². The molecule has 1 aliphatic rings. The summed E-state index contributed by atoms with van der Waals surface area (Å²) >= 11 is 5.89. The number of halogens is 1. The first-order valence-electron chi connectivity index (χ1n) is 4.92. The lowest BCUT2D eigenvalue weighted by Gasteiger charge is -2.07. The molecule has 16 heavy (non-hydrogen) atoms. The number of hydrogen-bond acceptors (Lipinski definition) is 3. The maximum atomic E-state index is 11.3. The van der Waals surface area contributed by atoms with Crippen LogP contribution >= 0.6 is 11.6 Å². The van der Waals surface area contributed by atoms with Gasteiger partial charge in [-0.05, 0) is 17.7 Å². The summed E-state index contributed by atoms with van der Waals surface area (Å²) in [5.74, 6) is 0.532. The fourth-order valence-electron chi connectivity index (χ4n) is 1.32. The third-order valence-corrected chi connectivity index (χ3v) is 2.62. The molecule has 1 N–H and O–H groups in total. The number of hydrogen-bond donors (Lipinski definition) is 1. The molecule has 2 rings (SSSR count). The number of nitrogens with one attached hydrogen (secondary N) is 1. The van der Waals surface area contributed by atoms with Gasteiger partial charge in [-0.25, -0.2) is 0 Å². The second-order valence-electron chi connectivity index (χ2n) is 3.51. The van der Waals surface area contributed by atoms with Gasteiger partial charge >= 0.3 is 0 Å². The quantitative estimate of drug-likeness (QED) is 0.810. The molecule has 1 aliphatic heterocycles. The molecule has 0 bridgehead atoms. The molecule has 0 aliphatic carbocycles. The van der Waals surface area contributed by atoms with Gasteiger partial charge in [-0.1, -0.05) is 17.7 Å². The van der Waals surface area contributed by atoms with Gasteiger partial charge in [0.1, 0.15) is 5.75 Å². The van der Waals surface area contributed by atoms with Crippen molar-refractivity contribution in [3.8, 4) is 5.75 Å². The Morgan fingerprint density at radius 2 is 2.44 bits per heavy atom. The summed E-state index contributed by atoms with van der Waals surface area (Å²) in [6, 6.07) is 5.39. The Morgan fingerprint density at radius 1 is 1.69 bits per heavy atom. The first kappa shape index (κ1) is 11.2. The highest BCUT2D eigenvalue weighted by atomic mass is 35.5. The largest absolute Gasteiger partial charge is 0.495 e. The number of benzene rings is 1. The molecule has 1 heterocycles. The van der Waals surface area contributed by atoms with Gasteiger partial charge < -0.3 is 14.8 Å². The normalized spacial score (nSPS) is 18.0. The van der Waals surface area contributed by atoms with Crippen LogP contribution in [0, 0.1) is 0 Å². The third kappa shape index (κ3) is 2.65. The number of rotatable bonds is 4. The van der Waals surface area contributed by atoms with Crippen molar-refractivity contribution < 1.29 is 14.3 Å². The molecule has 86 valence electrons. The minimum absolute atomic E-state index is 0.0751. The molecular formula is C11H12ClNO3. The van der Waals surface area contributed by atoms with Crippen LogP contribution < -0.4 is 10.1 Å². The summed E-state index contributed by atoms with van der Waals surface area (Å²) < 4.78 is 9.95. The lowest BCUT2D eigenvalue weighted by Crippen LogP contribution is -2.27. The zero-order valence-corrected chi connectivity index (χ0v) is 9.58. The number of carbonyl (C=O) groups excluding carboxylic acids is 1. The maximum absolute atomic E-state index is 11.3. The van der Waals surface area contributed by atoms with E-state index in [1.54, 1.807) is 19.2 Å². The molecule has 0 saturated carbocycles. The molecule has 1 atom stereocenters. The molecule has 0 spiro atoms. The number of ether oxygens (including phenoxy) is 2. The van der Waals surface area contributed by atoms with Crippen molar-refractivity contribution in [2.45, 2.75) is 12.6 Å². The molecule has 5 heteroatoms. The standard InChI is InChI=1S/C11H12ClNO3/c1-15-9-4-7(2-3-8(9)12)5-13-11(14)10-6-16-10/h2-4,10H,5-6H2,1H3,(H,13,14). The van der Waals surface area contributed by atoms with Crippen LogP contribution in [0.3, 0.4) is 0 Å². The summed E-state index contributed by atoms with van der Waals surface area (Å²) in [6.07, 6.45) is -0.255. The van der Waals surface area contributed by atoms with Crippen molar-refractivity contribution >= 4 is 17.5 Å². The van der Waals surface area contributed by atoms with Crippen molar-refractivity contribution in [1.29, 1.82) is 0 Å². The summed E-state index contributed by atoms with van der Waals surface area (Å²) in [6.45, 7) is 0.974. The number of methoxy groups -OCH3 is 1. The van der Waals surface area contributed by atoms with Crippen LogP contribution in [-0.2, 0) is 16.1 Å². The number of carbonyl (C=O) groups is 1. The fourth-order valence-corrected chi connectivity index (χ4v) is 1.51. The first-order valence-corrected chi connectivity index (χ1v) is 5.30. The summed E-state index contributed by atoms with van der Waals surface area (Å²) in [7, 11) is 1.56. The predicted molar refractivity (Wildman–Crippen MR) is 59.6 cm³/mol. The third-order valence-electron chi connectivity index (χ3n) is 2.31. The molecule has 0 radical (unpaired) electrons. The van der Waals surface area contributed by atoms with E-state index < -0.39 is 0 Å². The van der Waals surface area contributed by atoms with Gasteiger partial charge in [0.2, 0.25) is 0 Å². The first-order chi connectivity index (χ1) is 7.70. The molecule has 0 aromatic heterocycles. The topological polar surface area (TPSA) is 50.9 Å². The lowest BCUT2D eigenvalue weighted by atomic mass is 10.2. The van der Waals surface area contributed by atoms with Crippen LogP contribution in [-0.4, -0.2) is 25.7 Å². The van der Waals surface area contributed by atoms with Gasteiger partial charge in [0.15, 0.2) is 6.10 Å². The minimum Gasteiger partial charge on any atom is -0.495 e. The zero-order valence-electron chi connectivity index (χ0n) is 8.83. The van der Waals surface area contributed by atoms with Gasteiger partial charge in [0.05, 0.1) is 18.7 Å². The molecule has 1 fully saturated rings.